The number of rotatable bonds is 3. The number of allylic oxidation sites excluding steroid dienone is 2. The molecule has 5 nitrogen and oxygen atoms in total. The van der Waals surface area contributed by atoms with Crippen molar-refractivity contribution in [2.75, 3.05) is 13.6 Å². The summed E-state index contributed by atoms with van der Waals surface area (Å²) in [6, 6.07) is 0. The van der Waals surface area contributed by atoms with E-state index in [0.717, 1.165) is 0 Å². The van der Waals surface area contributed by atoms with Crippen molar-refractivity contribution in [2.45, 2.75) is 19.3 Å². The lowest BCUT2D eigenvalue weighted by Crippen LogP contribution is -2.34. The van der Waals surface area contributed by atoms with Gasteiger partial charge in [-0.25, -0.2) is 0 Å². The minimum Gasteiger partial charge on any atom is -0.359 e. The Morgan fingerprint density at radius 2 is 1.82 bits per heavy atom. The first-order valence-corrected chi connectivity index (χ1v) is 5.86. The van der Waals surface area contributed by atoms with Crippen LogP contribution < -0.4 is 5.32 Å². The fourth-order valence-electron chi connectivity index (χ4n) is 2.43. The molecule has 1 aliphatic heterocycles. The lowest BCUT2D eigenvalue weighted by molar-refractivity contribution is -0.140. The van der Waals surface area contributed by atoms with Crippen LogP contribution in [-0.2, 0) is 14.4 Å². The molecule has 17 heavy (non-hydrogen) atoms. The predicted octanol–water partition coefficient (Wildman–Crippen LogP) is 0.0737. The fourth-order valence-corrected chi connectivity index (χ4v) is 2.43. The molecule has 2 rings (SSSR count). The third-order valence-electron chi connectivity index (χ3n) is 3.44. The Hall–Kier alpha value is -1.65. The molecular weight excluding hydrogens is 220 g/mol. The number of hydrogen-bond acceptors (Lipinski definition) is 3. The summed E-state index contributed by atoms with van der Waals surface area (Å²) in [6.07, 6.45) is 5.38. The average molecular weight is 236 g/mol. The number of carbonyl (C=O) groups is 3. The van der Waals surface area contributed by atoms with E-state index in [4.69, 9.17) is 0 Å². The summed E-state index contributed by atoms with van der Waals surface area (Å²) in [5, 5.41) is 2.48. The molecule has 5 heteroatoms. The third kappa shape index (κ3) is 2.09. The Morgan fingerprint density at radius 1 is 1.29 bits per heavy atom. The predicted molar refractivity (Wildman–Crippen MR) is 60.8 cm³/mol. The maximum Gasteiger partial charge on any atom is 0.233 e. The monoisotopic (exact) mass is 236 g/mol. The van der Waals surface area contributed by atoms with Gasteiger partial charge in [-0.15, -0.1) is 0 Å². The molecule has 1 fully saturated rings. The number of nitrogens with one attached hydrogen (secondary N) is 1. The quantitative estimate of drug-likeness (QED) is 0.557. The summed E-state index contributed by atoms with van der Waals surface area (Å²) < 4.78 is 0. The fraction of sp³-hybridized carbons (Fsp3) is 0.583. The minimum absolute atomic E-state index is 0.117. The van der Waals surface area contributed by atoms with Crippen LogP contribution in [0.2, 0.25) is 0 Å². The van der Waals surface area contributed by atoms with E-state index in [0.29, 0.717) is 12.8 Å². The van der Waals surface area contributed by atoms with Crippen molar-refractivity contribution in [3.05, 3.63) is 12.2 Å². The maximum absolute atomic E-state index is 12.0. The van der Waals surface area contributed by atoms with Crippen molar-refractivity contribution >= 4 is 17.7 Å². The van der Waals surface area contributed by atoms with Gasteiger partial charge in [-0.05, 0) is 12.8 Å². The van der Waals surface area contributed by atoms with E-state index in [9.17, 15) is 14.4 Å². The molecule has 3 amide bonds. The van der Waals surface area contributed by atoms with Crippen LogP contribution in [0.3, 0.4) is 0 Å². The second-order valence-corrected chi connectivity index (χ2v) is 4.41. The van der Waals surface area contributed by atoms with E-state index in [1.165, 1.54) is 4.90 Å². The number of nitrogens with zero attached hydrogens (tertiary/aromatic N) is 1. The van der Waals surface area contributed by atoms with Crippen molar-refractivity contribution in [3.8, 4) is 0 Å². The zero-order valence-corrected chi connectivity index (χ0v) is 9.81. The van der Waals surface area contributed by atoms with Crippen LogP contribution in [0.1, 0.15) is 19.3 Å². The summed E-state index contributed by atoms with van der Waals surface area (Å²) in [6.45, 7) is 0.199. The standard InChI is InChI=1S/C12H16N2O3/c1-13-10(15)6-7-14-11(16)8-4-2-3-5-9(8)12(14)17/h2-3,8-9H,4-7H2,1H3,(H,13,15)/t8-,9-/m1/s1. The third-order valence-corrected chi connectivity index (χ3v) is 3.44. The number of fused-ring (bicyclic) bond motifs is 1. The van der Waals surface area contributed by atoms with E-state index in [1.54, 1.807) is 7.05 Å². The molecule has 0 aromatic carbocycles. The first-order valence-electron chi connectivity index (χ1n) is 5.86. The zero-order valence-electron chi connectivity index (χ0n) is 9.81. The second-order valence-electron chi connectivity index (χ2n) is 4.41. The Balaban J connectivity index is 2.02. The molecule has 0 aromatic rings. The van der Waals surface area contributed by atoms with E-state index >= 15 is 0 Å². The first-order chi connectivity index (χ1) is 8.15. The molecule has 0 saturated carbocycles. The van der Waals surface area contributed by atoms with Gasteiger partial charge in [-0.3, -0.25) is 19.3 Å². The molecule has 1 aliphatic carbocycles. The molecule has 1 saturated heterocycles. The molecule has 2 aliphatic rings. The zero-order chi connectivity index (χ0) is 12.4. The van der Waals surface area contributed by atoms with Crippen molar-refractivity contribution in [2.24, 2.45) is 11.8 Å². The van der Waals surface area contributed by atoms with Gasteiger partial charge in [-0.1, -0.05) is 12.2 Å². The van der Waals surface area contributed by atoms with E-state index in [2.05, 4.69) is 5.32 Å². The van der Waals surface area contributed by atoms with Crippen LogP contribution in [0, 0.1) is 11.8 Å². The Morgan fingerprint density at radius 3 is 2.29 bits per heavy atom. The number of amides is 3. The number of hydrogen-bond donors (Lipinski definition) is 1. The normalized spacial score (nSPS) is 27.2. The highest BCUT2D eigenvalue weighted by atomic mass is 16.2. The van der Waals surface area contributed by atoms with Gasteiger partial charge in [0.1, 0.15) is 0 Å². The van der Waals surface area contributed by atoms with Crippen molar-refractivity contribution < 1.29 is 14.4 Å². The SMILES string of the molecule is CNC(=O)CCN1C(=O)[C@@H]2CC=CC[C@H]2C1=O. The topological polar surface area (TPSA) is 66.5 Å². The lowest BCUT2D eigenvalue weighted by Gasteiger charge is -2.14. The largest absolute Gasteiger partial charge is 0.359 e. The molecule has 0 aromatic heterocycles. The number of likely N-dealkylation sites (tertiary alicyclic amines) is 1. The Labute approximate surface area is 99.8 Å². The van der Waals surface area contributed by atoms with Crippen LogP contribution in [0.25, 0.3) is 0 Å². The van der Waals surface area contributed by atoms with Gasteiger partial charge in [-0.2, -0.15) is 0 Å². The smallest absolute Gasteiger partial charge is 0.233 e. The van der Waals surface area contributed by atoms with E-state index in [-0.39, 0.29) is 42.5 Å². The molecule has 0 bridgehead atoms. The minimum atomic E-state index is -0.197. The molecule has 0 unspecified atom stereocenters. The van der Waals surface area contributed by atoms with Gasteiger partial charge in [0.2, 0.25) is 17.7 Å². The highest BCUT2D eigenvalue weighted by molar-refractivity contribution is 6.05. The molecule has 0 spiro atoms. The van der Waals surface area contributed by atoms with Crippen LogP contribution >= 0.6 is 0 Å². The molecule has 1 heterocycles. The van der Waals surface area contributed by atoms with E-state index in [1.807, 2.05) is 12.2 Å². The molecule has 2 atom stereocenters. The highest BCUT2D eigenvalue weighted by Gasteiger charge is 2.46. The Bertz CT molecular complexity index is 363. The summed E-state index contributed by atoms with van der Waals surface area (Å²) in [4.78, 5) is 36.4. The summed E-state index contributed by atoms with van der Waals surface area (Å²) in [5.74, 6) is -0.783. The molecule has 0 radical (unpaired) electrons. The van der Waals surface area contributed by atoms with Gasteiger partial charge in [0, 0.05) is 20.0 Å². The van der Waals surface area contributed by atoms with Crippen LogP contribution in [-0.4, -0.2) is 36.2 Å². The number of carbonyl (C=O) groups excluding carboxylic acids is 3. The van der Waals surface area contributed by atoms with Crippen molar-refractivity contribution in [1.82, 2.24) is 10.2 Å². The van der Waals surface area contributed by atoms with Crippen molar-refractivity contribution in [1.29, 1.82) is 0 Å². The Kier molecular flexibility index (Phi) is 3.26. The highest BCUT2D eigenvalue weighted by Crippen LogP contribution is 2.34. The van der Waals surface area contributed by atoms with Crippen LogP contribution in [0.5, 0.6) is 0 Å². The summed E-state index contributed by atoms with van der Waals surface area (Å²) in [5.41, 5.74) is 0. The average Bonchev–Trinajstić information content (AvgIpc) is 2.60. The van der Waals surface area contributed by atoms with Crippen LogP contribution in [0.15, 0.2) is 12.2 Å². The molecular formula is C12H16N2O3. The van der Waals surface area contributed by atoms with Crippen molar-refractivity contribution in [3.63, 3.8) is 0 Å². The van der Waals surface area contributed by atoms with Gasteiger partial charge in [0.05, 0.1) is 11.8 Å². The lowest BCUT2D eigenvalue weighted by atomic mass is 9.85. The van der Waals surface area contributed by atoms with Gasteiger partial charge in [0.15, 0.2) is 0 Å². The number of imide groups is 1. The summed E-state index contributed by atoms with van der Waals surface area (Å²) in [7, 11) is 1.54. The van der Waals surface area contributed by atoms with E-state index < -0.39 is 0 Å². The molecule has 1 N–H and O–H groups in total. The van der Waals surface area contributed by atoms with Gasteiger partial charge >= 0.3 is 0 Å². The second kappa shape index (κ2) is 4.69. The molecule has 92 valence electrons. The van der Waals surface area contributed by atoms with Gasteiger partial charge in [0.25, 0.3) is 0 Å². The maximum atomic E-state index is 12.0. The van der Waals surface area contributed by atoms with Gasteiger partial charge < -0.3 is 5.32 Å². The first kappa shape index (κ1) is 11.8. The summed E-state index contributed by atoms with van der Waals surface area (Å²) >= 11 is 0. The van der Waals surface area contributed by atoms with Crippen LogP contribution in [0.4, 0.5) is 0 Å².